The molecule has 2 saturated heterocycles. The minimum Gasteiger partial charge on any atom is -0.338 e. The van der Waals surface area contributed by atoms with Crippen LogP contribution in [0, 0.1) is 11.2 Å². The van der Waals surface area contributed by atoms with Gasteiger partial charge in [-0.1, -0.05) is 6.07 Å². The van der Waals surface area contributed by atoms with Crippen LogP contribution in [0.2, 0.25) is 0 Å². The number of aromatic nitrogens is 1. The highest BCUT2D eigenvalue weighted by atomic mass is 19.1. The van der Waals surface area contributed by atoms with Gasteiger partial charge in [-0.3, -0.25) is 14.6 Å². The van der Waals surface area contributed by atoms with Gasteiger partial charge in [0.2, 0.25) is 5.91 Å². The van der Waals surface area contributed by atoms with Crippen LogP contribution in [0.1, 0.15) is 23.2 Å². The van der Waals surface area contributed by atoms with Gasteiger partial charge in [0.05, 0.1) is 0 Å². The van der Waals surface area contributed by atoms with Crippen molar-refractivity contribution in [2.75, 3.05) is 24.5 Å². The first-order valence-corrected chi connectivity index (χ1v) is 8.32. The molecule has 2 fully saturated rings. The number of nitrogens with zero attached hydrogens (tertiary/aromatic N) is 3. The number of hydrogen-bond acceptors (Lipinski definition) is 3. The molecule has 0 radical (unpaired) electrons. The largest absolute Gasteiger partial charge is 0.338 e. The predicted molar refractivity (Wildman–Crippen MR) is 90.6 cm³/mol. The summed E-state index contributed by atoms with van der Waals surface area (Å²) < 4.78 is 13.5. The number of anilines is 1. The van der Waals surface area contributed by atoms with E-state index in [0.717, 1.165) is 6.42 Å². The summed E-state index contributed by atoms with van der Waals surface area (Å²) in [7, 11) is 0. The number of carbonyl (C=O) groups is 2. The van der Waals surface area contributed by atoms with Gasteiger partial charge < -0.3 is 9.80 Å². The Morgan fingerprint density at radius 2 is 1.96 bits per heavy atom. The zero-order valence-electron chi connectivity index (χ0n) is 13.7. The molecule has 0 N–H and O–H groups in total. The normalized spacial score (nSPS) is 22.8. The minimum atomic E-state index is -0.354. The number of pyridine rings is 1. The molecule has 2 aliphatic heterocycles. The van der Waals surface area contributed by atoms with Crippen molar-refractivity contribution in [2.45, 2.75) is 12.8 Å². The van der Waals surface area contributed by atoms with Gasteiger partial charge in [-0.2, -0.15) is 0 Å². The second-order valence-corrected chi connectivity index (χ2v) is 6.85. The van der Waals surface area contributed by atoms with E-state index < -0.39 is 0 Å². The number of rotatable bonds is 2. The zero-order valence-corrected chi connectivity index (χ0v) is 13.7. The second-order valence-electron chi connectivity index (χ2n) is 6.85. The number of likely N-dealkylation sites (tertiary alicyclic amines) is 1. The van der Waals surface area contributed by atoms with Crippen molar-refractivity contribution in [1.29, 1.82) is 0 Å². The van der Waals surface area contributed by atoms with Crippen molar-refractivity contribution in [1.82, 2.24) is 9.88 Å². The smallest absolute Gasteiger partial charge is 0.253 e. The first kappa shape index (κ1) is 15.7. The highest BCUT2D eigenvalue weighted by Crippen LogP contribution is 2.42. The Morgan fingerprint density at radius 3 is 2.72 bits per heavy atom. The van der Waals surface area contributed by atoms with E-state index in [1.165, 1.54) is 12.1 Å². The molecule has 1 unspecified atom stereocenters. The Kier molecular flexibility index (Phi) is 3.75. The fraction of sp³-hybridized carbons (Fsp3) is 0.316. The Labute approximate surface area is 145 Å². The van der Waals surface area contributed by atoms with Crippen molar-refractivity contribution in [3.05, 3.63) is 60.2 Å². The summed E-state index contributed by atoms with van der Waals surface area (Å²) >= 11 is 0. The molecule has 4 rings (SSSR count). The van der Waals surface area contributed by atoms with Gasteiger partial charge in [0.15, 0.2) is 0 Å². The van der Waals surface area contributed by atoms with Gasteiger partial charge in [0.25, 0.3) is 5.91 Å². The van der Waals surface area contributed by atoms with Crippen LogP contribution >= 0.6 is 0 Å². The lowest BCUT2D eigenvalue weighted by Crippen LogP contribution is -2.34. The lowest BCUT2D eigenvalue weighted by atomic mass is 9.86. The summed E-state index contributed by atoms with van der Waals surface area (Å²) in [5, 5.41) is 0. The molecule has 6 heteroatoms. The van der Waals surface area contributed by atoms with Crippen molar-refractivity contribution >= 4 is 17.5 Å². The average Bonchev–Trinajstić information content (AvgIpc) is 3.18. The van der Waals surface area contributed by atoms with E-state index in [-0.39, 0.29) is 23.0 Å². The Hall–Kier alpha value is -2.76. The summed E-state index contributed by atoms with van der Waals surface area (Å²) in [6.45, 7) is 1.70. The third kappa shape index (κ3) is 2.88. The van der Waals surface area contributed by atoms with E-state index in [2.05, 4.69) is 4.98 Å². The molecule has 1 spiro atoms. The molecule has 0 saturated carbocycles. The van der Waals surface area contributed by atoms with Gasteiger partial charge in [0.1, 0.15) is 5.82 Å². The first-order valence-electron chi connectivity index (χ1n) is 8.32. The molecule has 25 heavy (non-hydrogen) atoms. The number of amides is 2. The summed E-state index contributed by atoms with van der Waals surface area (Å²) in [6.07, 6.45) is 4.37. The molecule has 2 amide bonds. The predicted octanol–water partition coefficient (Wildman–Crippen LogP) is 2.49. The van der Waals surface area contributed by atoms with E-state index in [9.17, 15) is 14.0 Å². The van der Waals surface area contributed by atoms with Crippen LogP contribution in [0.25, 0.3) is 0 Å². The van der Waals surface area contributed by atoms with E-state index in [1.54, 1.807) is 46.5 Å². The fourth-order valence-corrected chi connectivity index (χ4v) is 3.83. The molecule has 1 aromatic carbocycles. The summed E-state index contributed by atoms with van der Waals surface area (Å²) in [5.74, 6) is -0.396. The molecule has 128 valence electrons. The summed E-state index contributed by atoms with van der Waals surface area (Å²) in [6, 6.07) is 9.50. The third-order valence-corrected chi connectivity index (χ3v) is 5.09. The van der Waals surface area contributed by atoms with Crippen LogP contribution in [-0.2, 0) is 4.79 Å². The summed E-state index contributed by atoms with van der Waals surface area (Å²) in [4.78, 5) is 32.5. The van der Waals surface area contributed by atoms with Gasteiger partial charge >= 0.3 is 0 Å². The quantitative estimate of drug-likeness (QED) is 0.845. The van der Waals surface area contributed by atoms with Crippen LogP contribution in [0.3, 0.4) is 0 Å². The maximum absolute atomic E-state index is 13.5. The zero-order chi connectivity index (χ0) is 17.4. The standard InChI is InChI=1S/C19H18FN3O2/c20-15-2-1-3-16(10-15)23-13-19(11-17(23)24)6-9-22(12-19)18(25)14-4-7-21-8-5-14/h1-5,7-8,10H,6,9,11-13H2. The average molecular weight is 339 g/mol. The lowest BCUT2D eigenvalue weighted by Gasteiger charge is -2.24. The maximum atomic E-state index is 13.5. The number of hydrogen-bond donors (Lipinski definition) is 0. The molecule has 2 aliphatic rings. The van der Waals surface area contributed by atoms with Crippen LogP contribution in [0.5, 0.6) is 0 Å². The van der Waals surface area contributed by atoms with Crippen molar-refractivity contribution < 1.29 is 14.0 Å². The minimum absolute atomic E-state index is 0.0104. The van der Waals surface area contributed by atoms with E-state index in [1.807, 2.05) is 0 Å². The topological polar surface area (TPSA) is 53.5 Å². The number of halogens is 1. The number of carbonyl (C=O) groups excluding carboxylic acids is 2. The van der Waals surface area contributed by atoms with Gasteiger partial charge in [-0.25, -0.2) is 4.39 Å². The molecule has 1 aromatic heterocycles. The Bertz CT molecular complexity index is 826. The molecule has 1 atom stereocenters. The Balaban J connectivity index is 1.51. The highest BCUT2D eigenvalue weighted by molar-refractivity contribution is 5.97. The van der Waals surface area contributed by atoms with E-state index >= 15 is 0 Å². The SMILES string of the molecule is O=C(c1ccncc1)N1CCC2(CC(=O)N(c3cccc(F)c3)C2)C1. The molecular weight excluding hydrogens is 321 g/mol. The van der Waals surface area contributed by atoms with Gasteiger partial charge in [-0.05, 0) is 36.8 Å². The van der Waals surface area contributed by atoms with Gasteiger partial charge in [-0.15, -0.1) is 0 Å². The van der Waals surface area contributed by atoms with Crippen LogP contribution in [0.4, 0.5) is 10.1 Å². The molecule has 3 heterocycles. The molecule has 0 bridgehead atoms. The van der Waals surface area contributed by atoms with Crippen molar-refractivity contribution in [3.8, 4) is 0 Å². The van der Waals surface area contributed by atoms with Crippen molar-refractivity contribution in [2.24, 2.45) is 5.41 Å². The van der Waals surface area contributed by atoms with E-state index in [4.69, 9.17) is 0 Å². The first-order chi connectivity index (χ1) is 12.1. The second kappa shape index (κ2) is 5.95. The van der Waals surface area contributed by atoms with Gasteiger partial charge in [0, 0.05) is 55.1 Å². The fourth-order valence-electron chi connectivity index (χ4n) is 3.83. The molecule has 5 nitrogen and oxygen atoms in total. The molecule has 0 aliphatic carbocycles. The summed E-state index contributed by atoms with van der Waals surface area (Å²) in [5.41, 5.74) is 0.950. The maximum Gasteiger partial charge on any atom is 0.253 e. The van der Waals surface area contributed by atoms with Crippen molar-refractivity contribution in [3.63, 3.8) is 0 Å². The molecular formula is C19H18FN3O2. The van der Waals surface area contributed by atoms with Crippen LogP contribution in [0.15, 0.2) is 48.8 Å². The Morgan fingerprint density at radius 1 is 1.16 bits per heavy atom. The lowest BCUT2D eigenvalue weighted by molar-refractivity contribution is -0.117. The number of benzene rings is 1. The third-order valence-electron chi connectivity index (χ3n) is 5.09. The van der Waals surface area contributed by atoms with Crippen LogP contribution in [-0.4, -0.2) is 41.3 Å². The van der Waals surface area contributed by atoms with E-state index in [0.29, 0.717) is 37.3 Å². The van der Waals surface area contributed by atoms with Crippen LogP contribution < -0.4 is 4.90 Å². The monoisotopic (exact) mass is 339 g/mol. The highest BCUT2D eigenvalue weighted by Gasteiger charge is 2.48. The molecule has 2 aromatic rings.